The topological polar surface area (TPSA) is 95.9 Å². The van der Waals surface area contributed by atoms with Crippen molar-refractivity contribution in [2.24, 2.45) is 0 Å². The fourth-order valence-electron chi connectivity index (χ4n) is 8.26. The number of esters is 1. The van der Waals surface area contributed by atoms with Crippen LogP contribution < -0.4 is 5.32 Å². The van der Waals surface area contributed by atoms with Crippen molar-refractivity contribution in [3.8, 4) is 0 Å². The van der Waals surface area contributed by atoms with Gasteiger partial charge in [-0.05, 0) is 44.9 Å². The van der Waals surface area contributed by atoms with Gasteiger partial charge in [0.25, 0.3) is 0 Å². The molecule has 6 heteroatoms. The number of carbonyl (C=O) groups excluding carboxylic acids is 2. The Morgan fingerprint density at radius 1 is 0.492 bits per heavy atom. The highest BCUT2D eigenvalue weighted by molar-refractivity contribution is 5.77. The summed E-state index contributed by atoms with van der Waals surface area (Å²) in [5, 5.41) is 23.8. The molecule has 0 aromatic rings. The lowest BCUT2D eigenvalue weighted by Gasteiger charge is -2.24. The maximum Gasteiger partial charge on any atom is 0.306 e. The van der Waals surface area contributed by atoms with E-state index in [-0.39, 0.29) is 24.9 Å². The van der Waals surface area contributed by atoms with Crippen LogP contribution >= 0.6 is 0 Å². The van der Waals surface area contributed by atoms with E-state index in [4.69, 9.17) is 4.74 Å². The second-order valence-electron chi connectivity index (χ2n) is 18.3. The minimum atomic E-state index is -0.791. The Balaban J connectivity index is 4.50. The van der Waals surface area contributed by atoms with Crippen LogP contribution in [0.4, 0.5) is 0 Å². The summed E-state index contributed by atoms with van der Waals surface area (Å²) in [5.74, 6) is -0.483. The minimum absolute atomic E-state index is 0.0677. The molecule has 3 N–H and O–H groups in total. The van der Waals surface area contributed by atoms with E-state index < -0.39 is 18.2 Å². The van der Waals surface area contributed by atoms with Gasteiger partial charge in [-0.3, -0.25) is 9.59 Å². The molecular formula is C55H103NO5. The van der Waals surface area contributed by atoms with E-state index in [1.807, 2.05) is 0 Å². The average molecular weight is 858 g/mol. The first-order valence-electron chi connectivity index (χ1n) is 26.7. The van der Waals surface area contributed by atoms with Gasteiger partial charge in [0.05, 0.1) is 25.2 Å². The molecule has 6 nitrogen and oxygen atoms in total. The summed E-state index contributed by atoms with van der Waals surface area (Å²) in [4.78, 5) is 26.1. The van der Waals surface area contributed by atoms with Gasteiger partial charge in [0.1, 0.15) is 6.10 Å². The van der Waals surface area contributed by atoms with Crippen LogP contribution in [0, 0.1) is 0 Å². The van der Waals surface area contributed by atoms with Crippen LogP contribution in [0.25, 0.3) is 0 Å². The van der Waals surface area contributed by atoms with Crippen molar-refractivity contribution in [1.82, 2.24) is 5.32 Å². The fourth-order valence-corrected chi connectivity index (χ4v) is 8.26. The molecule has 0 radical (unpaired) electrons. The predicted octanol–water partition coefficient (Wildman–Crippen LogP) is 16.1. The lowest BCUT2D eigenvalue weighted by Crippen LogP contribution is -2.46. The lowest BCUT2D eigenvalue weighted by molar-refractivity contribution is -0.151. The maximum absolute atomic E-state index is 13.2. The molecule has 1 amide bonds. The van der Waals surface area contributed by atoms with E-state index in [0.29, 0.717) is 19.3 Å². The van der Waals surface area contributed by atoms with Gasteiger partial charge < -0.3 is 20.3 Å². The largest absolute Gasteiger partial charge is 0.462 e. The first-order chi connectivity index (χ1) is 30.0. The van der Waals surface area contributed by atoms with E-state index in [9.17, 15) is 19.8 Å². The Bertz CT molecular complexity index is 1010. The van der Waals surface area contributed by atoms with Crippen LogP contribution in [0.1, 0.15) is 278 Å². The third-order valence-corrected chi connectivity index (χ3v) is 12.3. The van der Waals surface area contributed by atoms with Gasteiger partial charge in [-0.1, -0.05) is 256 Å². The van der Waals surface area contributed by atoms with Crippen molar-refractivity contribution in [2.75, 3.05) is 6.61 Å². The van der Waals surface area contributed by atoms with E-state index in [2.05, 4.69) is 62.5 Å². The van der Waals surface area contributed by atoms with Gasteiger partial charge >= 0.3 is 5.97 Å². The van der Waals surface area contributed by atoms with Crippen molar-refractivity contribution in [1.29, 1.82) is 0 Å². The van der Waals surface area contributed by atoms with Gasteiger partial charge in [-0.2, -0.15) is 0 Å². The van der Waals surface area contributed by atoms with Crippen molar-refractivity contribution >= 4 is 11.9 Å². The smallest absolute Gasteiger partial charge is 0.306 e. The van der Waals surface area contributed by atoms with Crippen molar-refractivity contribution in [3.63, 3.8) is 0 Å². The van der Waals surface area contributed by atoms with Gasteiger partial charge in [-0.25, -0.2) is 0 Å². The maximum atomic E-state index is 13.2. The monoisotopic (exact) mass is 858 g/mol. The van der Waals surface area contributed by atoms with Crippen molar-refractivity contribution < 1.29 is 24.5 Å². The third-order valence-electron chi connectivity index (χ3n) is 12.3. The zero-order valence-corrected chi connectivity index (χ0v) is 40.8. The number of allylic oxidation sites excluding steroid dienone is 6. The van der Waals surface area contributed by atoms with Gasteiger partial charge in [-0.15, -0.1) is 0 Å². The summed E-state index contributed by atoms with van der Waals surface area (Å²) < 4.78 is 5.93. The highest BCUT2D eigenvalue weighted by Crippen LogP contribution is 2.18. The molecule has 358 valence electrons. The van der Waals surface area contributed by atoms with Gasteiger partial charge in [0, 0.05) is 6.42 Å². The summed E-state index contributed by atoms with van der Waals surface area (Å²) >= 11 is 0. The molecule has 0 heterocycles. The van der Waals surface area contributed by atoms with Crippen LogP contribution in [0.15, 0.2) is 36.5 Å². The number of aliphatic hydroxyl groups excluding tert-OH is 2. The number of unbranched alkanes of at least 4 members (excludes halogenated alkanes) is 32. The molecule has 61 heavy (non-hydrogen) atoms. The second-order valence-corrected chi connectivity index (χ2v) is 18.3. The summed E-state index contributed by atoms with van der Waals surface area (Å²) in [6.45, 7) is 6.37. The van der Waals surface area contributed by atoms with Gasteiger partial charge in [0.2, 0.25) is 5.91 Å². The standard InChI is InChI=1S/C55H103NO5/c1-4-7-10-13-16-19-22-25-26-27-28-30-32-35-38-41-44-47-53(58)52(50-57)56-54(59)49-51(46-43-40-37-34-31-29-23-20-17-14-11-8-5-2)61-55(60)48-45-42-39-36-33-24-21-18-15-12-9-6-3/h8,11,14,17,20,23,51-53,57-58H,4-7,9-10,12-13,15-16,18-19,21-22,24-50H2,1-3H3,(H,56,59)/b11-8+,17-14+,23-20+. The number of rotatable bonds is 48. The van der Waals surface area contributed by atoms with E-state index >= 15 is 0 Å². The van der Waals surface area contributed by atoms with Crippen molar-refractivity contribution in [3.05, 3.63) is 36.5 Å². The molecule has 0 saturated carbocycles. The predicted molar refractivity (Wildman–Crippen MR) is 264 cm³/mol. The molecule has 0 aliphatic rings. The minimum Gasteiger partial charge on any atom is -0.462 e. The molecule has 3 atom stereocenters. The first kappa shape index (κ1) is 59.1. The lowest BCUT2D eigenvalue weighted by atomic mass is 10.0. The summed E-state index contributed by atoms with van der Waals surface area (Å²) in [7, 11) is 0. The first-order valence-corrected chi connectivity index (χ1v) is 26.7. The molecule has 0 aliphatic heterocycles. The zero-order chi connectivity index (χ0) is 44.5. The van der Waals surface area contributed by atoms with Crippen LogP contribution in [0.3, 0.4) is 0 Å². The number of amides is 1. The molecule has 0 spiro atoms. The quantitative estimate of drug-likeness (QED) is 0.0322. The Hall–Kier alpha value is -1.92. The number of nitrogens with one attached hydrogen (secondary N) is 1. The average Bonchev–Trinajstić information content (AvgIpc) is 3.25. The van der Waals surface area contributed by atoms with E-state index in [1.165, 1.54) is 154 Å². The highest BCUT2D eigenvalue weighted by Gasteiger charge is 2.24. The molecule has 0 aliphatic carbocycles. The highest BCUT2D eigenvalue weighted by atomic mass is 16.5. The number of hydrogen-bond acceptors (Lipinski definition) is 5. The Kier molecular flexibility index (Phi) is 47.6. The Labute approximate surface area is 379 Å². The van der Waals surface area contributed by atoms with E-state index in [0.717, 1.165) is 77.0 Å². The number of ether oxygens (including phenoxy) is 1. The van der Waals surface area contributed by atoms with Gasteiger partial charge in [0.15, 0.2) is 0 Å². The van der Waals surface area contributed by atoms with E-state index in [1.54, 1.807) is 0 Å². The second kappa shape index (κ2) is 49.1. The Morgan fingerprint density at radius 2 is 0.885 bits per heavy atom. The molecule has 0 rings (SSSR count). The fraction of sp³-hybridized carbons (Fsp3) is 0.855. The molecule has 0 aromatic carbocycles. The SMILES string of the molecule is CC/C=C/C=C/C=C/CCCCCCCC(CC(=O)NC(CO)C(O)CCCCCCCCCCCCCCCCCCC)OC(=O)CCCCCCCCCCCCCC. The normalized spacial score (nSPS) is 13.5. The summed E-state index contributed by atoms with van der Waals surface area (Å²) in [6.07, 6.45) is 57.8. The number of aliphatic hydroxyl groups is 2. The van der Waals surface area contributed by atoms with Crippen LogP contribution in [-0.4, -0.2) is 46.9 Å². The Morgan fingerprint density at radius 3 is 1.33 bits per heavy atom. The molecule has 0 fully saturated rings. The number of carbonyl (C=O) groups is 2. The van der Waals surface area contributed by atoms with Crippen LogP contribution in [0.2, 0.25) is 0 Å². The molecule has 0 saturated heterocycles. The van der Waals surface area contributed by atoms with Crippen LogP contribution in [-0.2, 0) is 14.3 Å². The third kappa shape index (κ3) is 44.5. The zero-order valence-electron chi connectivity index (χ0n) is 40.8. The summed E-state index contributed by atoms with van der Waals surface area (Å²) in [6, 6.07) is -0.705. The molecule has 0 bridgehead atoms. The molecule has 3 unspecified atom stereocenters. The van der Waals surface area contributed by atoms with Crippen LogP contribution in [0.5, 0.6) is 0 Å². The number of hydrogen-bond donors (Lipinski definition) is 3. The van der Waals surface area contributed by atoms with Crippen molar-refractivity contribution in [2.45, 2.75) is 296 Å². The molecule has 0 aromatic heterocycles. The molecular weight excluding hydrogens is 755 g/mol. The summed E-state index contributed by atoms with van der Waals surface area (Å²) in [5.41, 5.74) is 0.